The normalized spacial score (nSPS) is 11.7. The molecule has 3 aromatic heterocycles. The van der Waals surface area contributed by atoms with Gasteiger partial charge >= 0.3 is 0 Å². The minimum absolute atomic E-state index is 1.10. The third-order valence-electron chi connectivity index (χ3n) is 10.8. The molecule has 0 aliphatic heterocycles. The molecule has 0 unspecified atom stereocenters. The van der Waals surface area contributed by atoms with E-state index in [0.29, 0.717) is 0 Å². The second-order valence-corrected chi connectivity index (χ2v) is 13.8. The predicted octanol–water partition coefficient (Wildman–Crippen LogP) is 13.3. The standard InChI is InChI=1S/C50H34N4/c1-5-17-35(18-6-1)51(36-19-7-2-8-20-36)39-29-31-47-43(33-39)49-50(53(47)37-21-9-3-10-22-37)44-34-40(30-32-48(44)54(49)38-23-11-4-12-24-38)52-45-27-15-13-25-41(45)42-26-14-16-28-46(42)52/h1-34H. The van der Waals surface area contributed by atoms with Crippen LogP contribution in [0, 0.1) is 0 Å². The molecule has 0 saturated heterocycles. The van der Waals surface area contributed by atoms with E-state index in [1.807, 2.05) is 0 Å². The Morgan fingerprint density at radius 3 is 1.19 bits per heavy atom. The molecule has 0 radical (unpaired) electrons. The van der Waals surface area contributed by atoms with Crippen LogP contribution in [0.2, 0.25) is 0 Å². The second-order valence-electron chi connectivity index (χ2n) is 13.8. The molecule has 11 rings (SSSR count). The Balaban J connectivity index is 1.28. The van der Waals surface area contributed by atoms with Crippen LogP contribution in [0.5, 0.6) is 0 Å². The van der Waals surface area contributed by atoms with E-state index in [0.717, 1.165) is 45.2 Å². The lowest BCUT2D eigenvalue weighted by Gasteiger charge is -2.25. The maximum Gasteiger partial charge on any atom is 0.0804 e. The van der Waals surface area contributed by atoms with Crippen LogP contribution in [-0.2, 0) is 0 Å². The molecule has 0 aliphatic carbocycles. The molecule has 0 atom stereocenters. The Morgan fingerprint density at radius 2 is 0.667 bits per heavy atom. The molecule has 254 valence electrons. The number of hydrogen-bond donors (Lipinski definition) is 0. The lowest BCUT2D eigenvalue weighted by molar-refractivity contribution is 1.17. The van der Waals surface area contributed by atoms with Crippen molar-refractivity contribution in [3.63, 3.8) is 0 Å². The van der Waals surface area contributed by atoms with Crippen molar-refractivity contribution in [1.29, 1.82) is 0 Å². The van der Waals surface area contributed by atoms with Crippen molar-refractivity contribution >= 4 is 71.7 Å². The smallest absolute Gasteiger partial charge is 0.0804 e. The zero-order valence-corrected chi connectivity index (χ0v) is 29.4. The highest BCUT2D eigenvalue weighted by molar-refractivity contribution is 6.21. The van der Waals surface area contributed by atoms with Crippen LogP contribution < -0.4 is 4.90 Å². The highest BCUT2D eigenvalue weighted by Crippen LogP contribution is 2.45. The number of para-hydroxylation sites is 6. The number of hydrogen-bond acceptors (Lipinski definition) is 1. The van der Waals surface area contributed by atoms with Gasteiger partial charge in [-0.25, -0.2) is 0 Å². The van der Waals surface area contributed by atoms with Gasteiger partial charge in [-0.15, -0.1) is 0 Å². The van der Waals surface area contributed by atoms with Crippen LogP contribution in [0.1, 0.15) is 0 Å². The average Bonchev–Trinajstić information content (AvgIpc) is 3.88. The van der Waals surface area contributed by atoms with Gasteiger partial charge in [0, 0.05) is 55.7 Å². The van der Waals surface area contributed by atoms with Gasteiger partial charge in [-0.05, 0) is 97.1 Å². The summed E-state index contributed by atoms with van der Waals surface area (Å²) in [4.78, 5) is 2.35. The van der Waals surface area contributed by atoms with Crippen molar-refractivity contribution in [2.45, 2.75) is 0 Å². The van der Waals surface area contributed by atoms with Gasteiger partial charge in [0.25, 0.3) is 0 Å². The van der Waals surface area contributed by atoms with Crippen LogP contribution in [0.15, 0.2) is 206 Å². The third kappa shape index (κ3) is 4.57. The van der Waals surface area contributed by atoms with Gasteiger partial charge < -0.3 is 18.6 Å². The summed E-state index contributed by atoms with van der Waals surface area (Å²) in [5.74, 6) is 0. The Labute approximate surface area is 312 Å². The minimum atomic E-state index is 1.10. The molecule has 0 fully saturated rings. The van der Waals surface area contributed by atoms with Crippen molar-refractivity contribution in [3.8, 4) is 17.1 Å². The Hall–Kier alpha value is -7.30. The first kappa shape index (κ1) is 30.3. The van der Waals surface area contributed by atoms with Crippen molar-refractivity contribution in [2.75, 3.05) is 4.90 Å². The van der Waals surface area contributed by atoms with Gasteiger partial charge in [0.15, 0.2) is 0 Å². The first-order valence-corrected chi connectivity index (χ1v) is 18.5. The molecule has 8 aromatic carbocycles. The third-order valence-corrected chi connectivity index (χ3v) is 10.8. The Bertz CT molecular complexity index is 3010. The molecule has 0 spiro atoms. The fourth-order valence-electron chi connectivity index (χ4n) is 8.54. The zero-order valence-electron chi connectivity index (χ0n) is 29.4. The number of fused-ring (bicyclic) bond motifs is 8. The number of aromatic nitrogens is 3. The Kier molecular flexibility index (Phi) is 6.82. The zero-order chi connectivity index (χ0) is 35.6. The fraction of sp³-hybridized carbons (Fsp3) is 0. The van der Waals surface area contributed by atoms with E-state index in [2.05, 4.69) is 225 Å². The maximum atomic E-state index is 2.46. The maximum absolute atomic E-state index is 2.46. The van der Waals surface area contributed by atoms with Gasteiger partial charge in [-0.3, -0.25) is 0 Å². The molecule has 3 heterocycles. The van der Waals surface area contributed by atoms with Gasteiger partial charge in [0.2, 0.25) is 0 Å². The van der Waals surface area contributed by atoms with Gasteiger partial charge in [-0.1, -0.05) is 109 Å². The summed E-state index contributed by atoms with van der Waals surface area (Å²) in [5.41, 5.74) is 13.8. The Morgan fingerprint density at radius 1 is 0.259 bits per heavy atom. The van der Waals surface area contributed by atoms with E-state index in [1.54, 1.807) is 0 Å². The average molecular weight is 691 g/mol. The minimum Gasteiger partial charge on any atom is -0.310 e. The van der Waals surface area contributed by atoms with Gasteiger partial charge in [0.05, 0.1) is 33.1 Å². The molecular formula is C50H34N4. The summed E-state index contributed by atoms with van der Waals surface area (Å²) in [7, 11) is 0. The largest absolute Gasteiger partial charge is 0.310 e. The first-order chi connectivity index (χ1) is 26.8. The molecule has 11 aromatic rings. The van der Waals surface area contributed by atoms with Crippen LogP contribution >= 0.6 is 0 Å². The number of benzene rings is 8. The van der Waals surface area contributed by atoms with Crippen molar-refractivity contribution in [1.82, 2.24) is 13.7 Å². The monoisotopic (exact) mass is 690 g/mol. The van der Waals surface area contributed by atoms with Gasteiger partial charge in [-0.2, -0.15) is 0 Å². The molecule has 4 heteroatoms. The lowest BCUT2D eigenvalue weighted by Crippen LogP contribution is -2.09. The van der Waals surface area contributed by atoms with Crippen LogP contribution in [0.25, 0.3) is 71.7 Å². The molecule has 0 aliphatic rings. The highest BCUT2D eigenvalue weighted by Gasteiger charge is 2.24. The molecule has 0 N–H and O–H groups in total. The van der Waals surface area contributed by atoms with Crippen LogP contribution in [-0.4, -0.2) is 13.7 Å². The number of rotatable bonds is 6. The molecular weight excluding hydrogens is 657 g/mol. The predicted molar refractivity (Wildman–Crippen MR) is 227 cm³/mol. The SMILES string of the molecule is c1ccc(N(c2ccccc2)c2ccc3c(c2)c2c(c4cc(-n5c6ccccc6c6ccccc65)ccc4n2-c2ccccc2)n3-c2ccccc2)cc1. The first-order valence-electron chi connectivity index (χ1n) is 18.5. The van der Waals surface area contributed by atoms with Crippen molar-refractivity contribution < 1.29 is 0 Å². The summed E-state index contributed by atoms with van der Waals surface area (Å²) in [5, 5.41) is 4.89. The van der Waals surface area contributed by atoms with E-state index in [1.165, 1.54) is 43.6 Å². The highest BCUT2D eigenvalue weighted by atomic mass is 15.1. The molecule has 54 heavy (non-hydrogen) atoms. The molecule has 0 bridgehead atoms. The van der Waals surface area contributed by atoms with E-state index < -0.39 is 0 Å². The van der Waals surface area contributed by atoms with E-state index in [-0.39, 0.29) is 0 Å². The topological polar surface area (TPSA) is 18.0 Å². The summed E-state index contributed by atoms with van der Waals surface area (Å²) in [6, 6.07) is 74.3. The van der Waals surface area contributed by atoms with Crippen molar-refractivity contribution in [2.24, 2.45) is 0 Å². The quantitative estimate of drug-likeness (QED) is 0.170. The number of anilines is 3. The summed E-state index contributed by atoms with van der Waals surface area (Å²) < 4.78 is 7.34. The fourth-order valence-corrected chi connectivity index (χ4v) is 8.54. The molecule has 4 nitrogen and oxygen atoms in total. The van der Waals surface area contributed by atoms with Gasteiger partial charge in [0.1, 0.15) is 0 Å². The van der Waals surface area contributed by atoms with Crippen molar-refractivity contribution in [3.05, 3.63) is 206 Å². The van der Waals surface area contributed by atoms with Crippen LogP contribution in [0.4, 0.5) is 17.1 Å². The van der Waals surface area contributed by atoms with E-state index in [9.17, 15) is 0 Å². The van der Waals surface area contributed by atoms with E-state index in [4.69, 9.17) is 0 Å². The summed E-state index contributed by atoms with van der Waals surface area (Å²) in [6.07, 6.45) is 0. The molecule has 0 saturated carbocycles. The summed E-state index contributed by atoms with van der Waals surface area (Å²) >= 11 is 0. The van der Waals surface area contributed by atoms with Crippen LogP contribution in [0.3, 0.4) is 0 Å². The number of nitrogens with zero attached hydrogens (tertiary/aromatic N) is 4. The lowest BCUT2D eigenvalue weighted by atomic mass is 10.1. The summed E-state index contributed by atoms with van der Waals surface area (Å²) in [6.45, 7) is 0. The second kappa shape index (κ2) is 12.1. The molecule has 0 amide bonds. The van der Waals surface area contributed by atoms with E-state index >= 15 is 0 Å².